The van der Waals surface area contributed by atoms with Gasteiger partial charge in [0.2, 0.25) is 0 Å². The second-order valence-corrected chi connectivity index (χ2v) is 5.56. The molecule has 0 saturated heterocycles. The molecule has 1 aromatic carbocycles. The van der Waals surface area contributed by atoms with Gasteiger partial charge in [-0.15, -0.1) is 0 Å². The first-order chi connectivity index (χ1) is 6.61. The molecule has 0 bridgehead atoms. The van der Waals surface area contributed by atoms with Crippen LogP contribution < -0.4 is 0 Å². The molecule has 0 radical (unpaired) electrons. The lowest BCUT2D eigenvalue weighted by Gasteiger charge is -2.28. The Labute approximate surface area is 101 Å². The lowest BCUT2D eigenvalue weighted by atomic mass is 9.82. The number of hydrogen-bond donors (Lipinski definition) is 1. The van der Waals surface area contributed by atoms with Crippen molar-refractivity contribution >= 4 is 31.9 Å². The highest BCUT2D eigenvalue weighted by Crippen LogP contribution is 2.44. The van der Waals surface area contributed by atoms with Crippen molar-refractivity contribution in [1.29, 1.82) is 0 Å². The molecule has 0 spiro atoms. The van der Waals surface area contributed by atoms with Crippen molar-refractivity contribution in [3.8, 4) is 0 Å². The van der Waals surface area contributed by atoms with Crippen LogP contribution in [0.2, 0.25) is 0 Å². The third-order valence-corrected chi connectivity index (χ3v) is 4.26. The van der Waals surface area contributed by atoms with Gasteiger partial charge in [-0.1, -0.05) is 38.8 Å². The first-order valence-corrected chi connectivity index (χ1v) is 6.35. The van der Waals surface area contributed by atoms with Crippen molar-refractivity contribution in [2.75, 3.05) is 0 Å². The van der Waals surface area contributed by atoms with E-state index < -0.39 is 0 Å². The van der Waals surface area contributed by atoms with Gasteiger partial charge in [-0.05, 0) is 42.0 Å². The fraction of sp³-hybridized carbons (Fsp3) is 0.455. The van der Waals surface area contributed by atoms with Crippen LogP contribution in [0.3, 0.4) is 0 Å². The van der Waals surface area contributed by atoms with E-state index in [1.54, 1.807) is 0 Å². The number of hydrogen-bond acceptors (Lipinski definition) is 1. The minimum Gasteiger partial charge on any atom is -0.388 e. The predicted octanol–water partition coefficient (Wildman–Crippen LogP) is 4.14. The molecule has 2 atom stereocenters. The quantitative estimate of drug-likeness (QED) is 0.762. The normalized spacial score (nSPS) is 26.0. The number of aliphatic hydroxyl groups is 1. The summed E-state index contributed by atoms with van der Waals surface area (Å²) in [6.07, 6.45) is 1.61. The van der Waals surface area contributed by atoms with Gasteiger partial charge in [0, 0.05) is 8.95 Å². The molecule has 1 nitrogen and oxygen atoms in total. The van der Waals surface area contributed by atoms with E-state index in [0.717, 1.165) is 27.4 Å². The minimum atomic E-state index is -0.312. The summed E-state index contributed by atoms with van der Waals surface area (Å²) >= 11 is 7.06. The fourth-order valence-corrected chi connectivity index (χ4v) is 3.47. The number of fused-ring (bicyclic) bond motifs is 1. The Balaban J connectivity index is 2.65. The van der Waals surface area contributed by atoms with E-state index in [1.807, 2.05) is 12.1 Å². The van der Waals surface area contributed by atoms with Crippen LogP contribution in [-0.2, 0) is 0 Å². The van der Waals surface area contributed by atoms with Gasteiger partial charge in [-0.2, -0.15) is 0 Å². The largest absolute Gasteiger partial charge is 0.388 e. The van der Waals surface area contributed by atoms with Gasteiger partial charge in [0.1, 0.15) is 0 Å². The van der Waals surface area contributed by atoms with Crippen molar-refractivity contribution in [1.82, 2.24) is 0 Å². The van der Waals surface area contributed by atoms with E-state index in [1.165, 1.54) is 5.56 Å². The summed E-state index contributed by atoms with van der Waals surface area (Å²) in [5.74, 6) is 0.528. The Morgan fingerprint density at radius 1 is 1.14 bits per heavy atom. The number of benzene rings is 1. The van der Waals surface area contributed by atoms with Gasteiger partial charge in [-0.25, -0.2) is 0 Å². The predicted molar refractivity (Wildman–Crippen MR) is 64.5 cm³/mol. The van der Waals surface area contributed by atoms with Gasteiger partial charge >= 0.3 is 0 Å². The van der Waals surface area contributed by atoms with Gasteiger partial charge in [-0.3, -0.25) is 0 Å². The molecule has 0 fully saturated rings. The lowest BCUT2D eigenvalue weighted by molar-refractivity contribution is 0.150. The standard InChI is InChI=1S/C11H12Br2O/c1-6-2-5-9(14)11-8(13)4-3-7(12)10(6)11/h3-4,6,9,14H,2,5H2,1H3/t6?,9-/m1/s1. The van der Waals surface area contributed by atoms with Gasteiger partial charge in [0.25, 0.3) is 0 Å². The number of halogens is 2. The average Bonchev–Trinajstić information content (AvgIpc) is 2.16. The topological polar surface area (TPSA) is 20.2 Å². The zero-order chi connectivity index (χ0) is 10.3. The van der Waals surface area contributed by atoms with Crippen LogP contribution in [0.4, 0.5) is 0 Å². The van der Waals surface area contributed by atoms with Crippen LogP contribution in [0.25, 0.3) is 0 Å². The highest BCUT2D eigenvalue weighted by atomic mass is 79.9. The molecular weight excluding hydrogens is 308 g/mol. The summed E-state index contributed by atoms with van der Waals surface area (Å²) in [4.78, 5) is 0. The summed E-state index contributed by atoms with van der Waals surface area (Å²) in [7, 11) is 0. The van der Waals surface area contributed by atoms with Crippen LogP contribution in [0.5, 0.6) is 0 Å². The maximum absolute atomic E-state index is 9.93. The summed E-state index contributed by atoms with van der Waals surface area (Å²) in [6, 6.07) is 4.03. The smallest absolute Gasteiger partial charge is 0.0804 e. The minimum absolute atomic E-state index is 0.312. The Bertz CT molecular complexity index is 328. The van der Waals surface area contributed by atoms with E-state index in [-0.39, 0.29) is 6.10 Å². The monoisotopic (exact) mass is 318 g/mol. The molecule has 1 aliphatic rings. The van der Waals surface area contributed by atoms with Crippen LogP contribution in [0.1, 0.15) is 42.9 Å². The van der Waals surface area contributed by atoms with Crippen LogP contribution >= 0.6 is 31.9 Å². The molecule has 0 aliphatic heterocycles. The first kappa shape index (κ1) is 10.7. The Kier molecular flexibility index (Phi) is 3.01. The van der Waals surface area contributed by atoms with Crippen LogP contribution in [0.15, 0.2) is 21.1 Å². The Hall–Kier alpha value is 0.140. The second kappa shape index (κ2) is 3.95. The molecule has 76 valence electrons. The van der Waals surface area contributed by atoms with Gasteiger partial charge in [0.15, 0.2) is 0 Å². The highest BCUT2D eigenvalue weighted by Gasteiger charge is 2.26. The summed E-state index contributed by atoms with van der Waals surface area (Å²) in [6.45, 7) is 2.21. The molecule has 0 aromatic heterocycles. The zero-order valence-corrected chi connectivity index (χ0v) is 11.1. The molecule has 0 heterocycles. The van der Waals surface area contributed by atoms with E-state index >= 15 is 0 Å². The number of rotatable bonds is 0. The summed E-state index contributed by atoms with van der Waals surface area (Å²) in [5.41, 5.74) is 2.33. The molecule has 0 amide bonds. The molecule has 3 heteroatoms. The van der Waals surface area contributed by atoms with E-state index in [0.29, 0.717) is 5.92 Å². The van der Waals surface area contributed by atoms with Crippen molar-refractivity contribution in [3.63, 3.8) is 0 Å². The van der Waals surface area contributed by atoms with Gasteiger partial charge in [0.05, 0.1) is 6.10 Å². The molecule has 2 rings (SSSR count). The molecule has 1 aliphatic carbocycles. The van der Waals surface area contributed by atoms with Crippen LogP contribution in [-0.4, -0.2) is 5.11 Å². The molecule has 0 saturated carbocycles. The maximum atomic E-state index is 9.93. The zero-order valence-electron chi connectivity index (χ0n) is 7.93. The Morgan fingerprint density at radius 3 is 2.29 bits per heavy atom. The van der Waals surface area contributed by atoms with Gasteiger partial charge < -0.3 is 5.11 Å². The maximum Gasteiger partial charge on any atom is 0.0804 e. The molecule has 1 aromatic rings. The van der Waals surface area contributed by atoms with Crippen molar-refractivity contribution in [2.45, 2.75) is 31.8 Å². The number of aliphatic hydroxyl groups excluding tert-OH is 1. The second-order valence-electron chi connectivity index (χ2n) is 3.85. The molecule has 1 N–H and O–H groups in total. The average molecular weight is 320 g/mol. The lowest BCUT2D eigenvalue weighted by Crippen LogP contribution is -2.13. The van der Waals surface area contributed by atoms with E-state index in [2.05, 4.69) is 38.8 Å². The molecule has 1 unspecified atom stereocenters. The first-order valence-electron chi connectivity index (χ1n) is 4.77. The molecule has 14 heavy (non-hydrogen) atoms. The third-order valence-electron chi connectivity index (χ3n) is 2.88. The fourth-order valence-electron chi connectivity index (χ4n) is 2.12. The van der Waals surface area contributed by atoms with Crippen molar-refractivity contribution in [2.24, 2.45) is 0 Å². The summed E-state index contributed by atoms with van der Waals surface area (Å²) in [5, 5.41) is 9.93. The molecular formula is C11H12Br2O. The summed E-state index contributed by atoms with van der Waals surface area (Å²) < 4.78 is 2.14. The SMILES string of the molecule is CC1CC[C@@H](O)c2c(Br)ccc(Br)c21. The third kappa shape index (κ3) is 1.66. The van der Waals surface area contributed by atoms with E-state index in [9.17, 15) is 5.11 Å². The van der Waals surface area contributed by atoms with E-state index in [4.69, 9.17) is 0 Å². The van der Waals surface area contributed by atoms with Crippen molar-refractivity contribution < 1.29 is 5.11 Å². The highest BCUT2D eigenvalue weighted by molar-refractivity contribution is 9.11. The van der Waals surface area contributed by atoms with Crippen molar-refractivity contribution in [3.05, 3.63) is 32.2 Å². The van der Waals surface area contributed by atoms with Crippen LogP contribution in [0, 0.1) is 0 Å². The Morgan fingerprint density at radius 2 is 1.71 bits per heavy atom.